The lowest BCUT2D eigenvalue weighted by atomic mass is 10.1. The minimum atomic E-state index is 0.642. The highest BCUT2D eigenvalue weighted by Crippen LogP contribution is 2.31. The molecule has 0 spiro atoms. The van der Waals surface area contributed by atoms with E-state index >= 15 is 0 Å². The molecule has 2 N–H and O–H groups in total. The van der Waals surface area contributed by atoms with Gasteiger partial charge in [-0.25, -0.2) is 9.97 Å². The highest BCUT2D eigenvalue weighted by Gasteiger charge is 2.08. The Morgan fingerprint density at radius 1 is 1.16 bits per heavy atom. The Morgan fingerprint density at radius 2 is 1.84 bits per heavy atom. The van der Waals surface area contributed by atoms with Crippen LogP contribution < -0.4 is 5.73 Å². The molecule has 0 amide bonds. The zero-order valence-corrected chi connectivity index (χ0v) is 13.4. The Hall–Kier alpha value is -0.910. The fourth-order valence-corrected chi connectivity index (χ4v) is 3.40. The van der Waals surface area contributed by atoms with Gasteiger partial charge in [0.1, 0.15) is 0 Å². The highest BCUT2D eigenvalue weighted by atomic mass is 79.9. The van der Waals surface area contributed by atoms with Crippen molar-refractivity contribution in [1.82, 2.24) is 9.97 Å². The fraction of sp³-hybridized carbons (Fsp3) is 0.286. The molecule has 0 aliphatic rings. The molecular weight excluding hydrogens is 322 g/mol. The van der Waals surface area contributed by atoms with Gasteiger partial charge in [-0.15, -0.1) is 0 Å². The first-order valence-electron chi connectivity index (χ1n) is 6.07. The van der Waals surface area contributed by atoms with Crippen molar-refractivity contribution in [1.29, 1.82) is 0 Å². The molecular formula is C14H16BrN3S. The molecule has 2 rings (SSSR count). The largest absolute Gasteiger partial charge is 0.330 e. The van der Waals surface area contributed by atoms with E-state index in [0.29, 0.717) is 6.54 Å². The maximum atomic E-state index is 5.66. The number of nitrogens with zero attached hydrogens (tertiary/aromatic N) is 2. The van der Waals surface area contributed by atoms with E-state index in [1.807, 2.05) is 26.0 Å². The lowest BCUT2D eigenvalue weighted by Gasteiger charge is -2.09. The van der Waals surface area contributed by atoms with Crippen LogP contribution in [-0.2, 0) is 6.42 Å². The second kappa shape index (κ2) is 6.50. The van der Waals surface area contributed by atoms with Crippen molar-refractivity contribution >= 4 is 27.7 Å². The van der Waals surface area contributed by atoms with E-state index in [-0.39, 0.29) is 0 Å². The molecule has 0 unspecified atom stereocenters. The van der Waals surface area contributed by atoms with Crippen molar-refractivity contribution in [2.45, 2.75) is 30.3 Å². The van der Waals surface area contributed by atoms with E-state index in [4.69, 9.17) is 5.73 Å². The van der Waals surface area contributed by atoms with E-state index < -0.39 is 0 Å². The zero-order valence-electron chi connectivity index (χ0n) is 11.0. The average molecular weight is 338 g/mol. The third-order valence-corrected chi connectivity index (χ3v) is 4.06. The smallest absolute Gasteiger partial charge is 0.192 e. The Balaban J connectivity index is 2.33. The number of rotatable bonds is 4. The molecule has 3 nitrogen and oxygen atoms in total. The molecule has 0 saturated carbocycles. The van der Waals surface area contributed by atoms with Crippen LogP contribution in [0.15, 0.2) is 38.8 Å². The van der Waals surface area contributed by atoms with Crippen molar-refractivity contribution < 1.29 is 0 Å². The summed E-state index contributed by atoms with van der Waals surface area (Å²) in [5.41, 5.74) is 8.87. The van der Waals surface area contributed by atoms with Crippen molar-refractivity contribution in [2.24, 2.45) is 5.73 Å². The van der Waals surface area contributed by atoms with E-state index in [0.717, 1.165) is 32.3 Å². The van der Waals surface area contributed by atoms with Gasteiger partial charge in [0.05, 0.1) is 0 Å². The van der Waals surface area contributed by atoms with Gasteiger partial charge in [0.25, 0.3) is 0 Å². The van der Waals surface area contributed by atoms with Crippen LogP contribution in [0.1, 0.15) is 17.0 Å². The van der Waals surface area contributed by atoms with Crippen LogP contribution in [0.5, 0.6) is 0 Å². The van der Waals surface area contributed by atoms with E-state index in [9.17, 15) is 0 Å². The van der Waals surface area contributed by atoms with Crippen LogP contribution >= 0.6 is 27.7 Å². The van der Waals surface area contributed by atoms with E-state index in [2.05, 4.69) is 38.0 Å². The first-order valence-corrected chi connectivity index (χ1v) is 7.68. The predicted molar refractivity (Wildman–Crippen MR) is 82.5 cm³/mol. The molecule has 5 heteroatoms. The number of aryl methyl sites for hydroxylation is 2. The van der Waals surface area contributed by atoms with Crippen molar-refractivity contribution in [2.75, 3.05) is 6.54 Å². The Kier molecular flexibility index (Phi) is 4.96. The monoisotopic (exact) mass is 337 g/mol. The molecule has 0 bridgehead atoms. The van der Waals surface area contributed by atoms with Crippen molar-refractivity contribution in [3.05, 3.63) is 45.7 Å². The summed E-state index contributed by atoms with van der Waals surface area (Å²) < 4.78 is 1.06. The summed E-state index contributed by atoms with van der Waals surface area (Å²) in [7, 11) is 0. The van der Waals surface area contributed by atoms with Gasteiger partial charge in [-0.2, -0.15) is 0 Å². The molecule has 19 heavy (non-hydrogen) atoms. The zero-order chi connectivity index (χ0) is 13.8. The lowest BCUT2D eigenvalue weighted by molar-refractivity contribution is 0.897. The van der Waals surface area contributed by atoms with Crippen LogP contribution in [0, 0.1) is 13.8 Å². The second-order valence-electron chi connectivity index (χ2n) is 4.33. The number of halogens is 1. The predicted octanol–water partition coefficient (Wildman–Crippen LogP) is 3.51. The van der Waals surface area contributed by atoms with E-state index in [1.54, 1.807) is 11.8 Å². The maximum Gasteiger partial charge on any atom is 0.192 e. The summed E-state index contributed by atoms with van der Waals surface area (Å²) in [4.78, 5) is 10.1. The molecule has 0 saturated heterocycles. The summed E-state index contributed by atoms with van der Waals surface area (Å²) in [5, 5.41) is 0.786. The molecule has 0 radical (unpaired) electrons. The summed E-state index contributed by atoms with van der Waals surface area (Å²) in [6.45, 7) is 4.61. The third kappa shape index (κ3) is 4.03. The first kappa shape index (κ1) is 14.5. The first-order chi connectivity index (χ1) is 9.08. The molecule has 1 aromatic heterocycles. The molecule has 0 aliphatic carbocycles. The fourth-order valence-electron chi connectivity index (χ4n) is 1.82. The summed E-state index contributed by atoms with van der Waals surface area (Å²) in [6.07, 6.45) is 0.862. The van der Waals surface area contributed by atoms with Crippen LogP contribution in [0.4, 0.5) is 0 Å². The molecule has 2 aromatic rings. The SMILES string of the molecule is Cc1cc(C)nc(Sc2cc(Br)ccc2CCN)n1. The Bertz CT molecular complexity index is 567. The minimum Gasteiger partial charge on any atom is -0.330 e. The standard InChI is InChI=1S/C14H16BrN3S/c1-9-7-10(2)18-14(17-9)19-13-8-12(15)4-3-11(13)5-6-16/h3-4,7-8H,5-6,16H2,1-2H3. The molecule has 1 aromatic carbocycles. The molecule has 1 heterocycles. The van der Waals surface area contributed by atoms with Gasteiger partial charge in [-0.05, 0) is 62.3 Å². The second-order valence-corrected chi connectivity index (χ2v) is 6.25. The van der Waals surface area contributed by atoms with Gasteiger partial charge in [-0.3, -0.25) is 0 Å². The highest BCUT2D eigenvalue weighted by molar-refractivity contribution is 9.10. The van der Waals surface area contributed by atoms with Gasteiger partial charge in [-0.1, -0.05) is 22.0 Å². The summed E-state index contributed by atoms with van der Waals surface area (Å²) in [6, 6.07) is 8.21. The van der Waals surface area contributed by atoms with Crippen LogP contribution in [0.2, 0.25) is 0 Å². The molecule has 100 valence electrons. The number of hydrogen-bond donors (Lipinski definition) is 1. The quantitative estimate of drug-likeness (QED) is 0.867. The topological polar surface area (TPSA) is 51.8 Å². The van der Waals surface area contributed by atoms with E-state index in [1.165, 1.54) is 5.56 Å². The molecule has 0 aliphatic heterocycles. The minimum absolute atomic E-state index is 0.642. The average Bonchev–Trinajstić information content (AvgIpc) is 2.31. The number of hydrogen-bond acceptors (Lipinski definition) is 4. The molecule has 0 fully saturated rings. The molecule has 0 atom stereocenters. The number of aromatic nitrogens is 2. The third-order valence-electron chi connectivity index (χ3n) is 2.61. The lowest BCUT2D eigenvalue weighted by Crippen LogP contribution is -2.04. The Morgan fingerprint density at radius 3 is 2.47 bits per heavy atom. The summed E-state index contributed by atoms with van der Waals surface area (Å²) in [5.74, 6) is 0. The van der Waals surface area contributed by atoms with Crippen molar-refractivity contribution in [3.8, 4) is 0 Å². The number of benzene rings is 1. The van der Waals surface area contributed by atoms with Crippen LogP contribution in [0.3, 0.4) is 0 Å². The number of nitrogens with two attached hydrogens (primary N) is 1. The normalized spacial score (nSPS) is 10.7. The maximum absolute atomic E-state index is 5.66. The van der Waals surface area contributed by atoms with Gasteiger partial charge in [0.2, 0.25) is 0 Å². The summed E-state index contributed by atoms with van der Waals surface area (Å²) >= 11 is 5.09. The van der Waals surface area contributed by atoms with Gasteiger partial charge in [0, 0.05) is 20.8 Å². The van der Waals surface area contributed by atoms with Gasteiger partial charge < -0.3 is 5.73 Å². The van der Waals surface area contributed by atoms with Gasteiger partial charge >= 0.3 is 0 Å². The Labute approximate surface area is 126 Å². The van der Waals surface area contributed by atoms with Crippen molar-refractivity contribution in [3.63, 3.8) is 0 Å². The van der Waals surface area contributed by atoms with Crippen LogP contribution in [-0.4, -0.2) is 16.5 Å². The van der Waals surface area contributed by atoms with Crippen LogP contribution in [0.25, 0.3) is 0 Å². The van der Waals surface area contributed by atoms with Gasteiger partial charge in [0.15, 0.2) is 5.16 Å².